The Bertz CT molecular complexity index is 511. The highest BCUT2D eigenvalue weighted by molar-refractivity contribution is 5.05. The summed E-state index contributed by atoms with van der Waals surface area (Å²) in [5.41, 5.74) is 1.95. The molecule has 1 N–H and O–H groups in total. The average molecular weight is 289 g/mol. The summed E-state index contributed by atoms with van der Waals surface area (Å²) in [5, 5.41) is 7.35. The lowest BCUT2D eigenvalue weighted by molar-refractivity contribution is 0.103. The van der Waals surface area contributed by atoms with Crippen molar-refractivity contribution in [2.24, 2.45) is 5.92 Å². The molecule has 2 aromatic heterocycles. The van der Waals surface area contributed by atoms with Gasteiger partial charge in [0.05, 0.1) is 12.3 Å². The molecule has 0 bridgehead atoms. The van der Waals surface area contributed by atoms with E-state index in [0.717, 1.165) is 36.7 Å². The molecule has 0 aliphatic heterocycles. The lowest BCUT2D eigenvalue weighted by atomic mass is 10.2. The van der Waals surface area contributed by atoms with Gasteiger partial charge in [-0.15, -0.1) is 0 Å². The molecule has 0 saturated carbocycles. The second kappa shape index (κ2) is 8.54. The molecule has 0 saturated heterocycles. The van der Waals surface area contributed by atoms with Gasteiger partial charge in [-0.1, -0.05) is 25.1 Å². The van der Waals surface area contributed by atoms with Gasteiger partial charge in [0.15, 0.2) is 5.76 Å². The van der Waals surface area contributed by atoms with Gasteiger partial charge >= 0.3 is 0 Å². The Hall–Kier alpha value is -1.72. The third kappa shape index (κ3) is 6.06. The Kier molecular flexibility index (Phi) is 6.37. The highest BCUT2D eigenvalue weighted by atomic mass is 16.5. The number of ether oxygens (including phenoxy) is 1. The molecule has 5 heteroatoms. The topological polar surface area (TPSA) is 60.2 Å². The number of pyridine rings is 1. The van der Waals surface area contributed by atoms with Gasteiger partial charge in [-0.05, 0) is 24.6 Å². The summed E-state index contributed by atoms with van der Waals surface area (Å²) >= 11 is 0. The summed E-state index contributed by atoms with van der Waals surface area (Å²) in [5.74, 6) is 1.39. The second-order valence-electron chi connectivity index (χ2n) is 5.43. The second-order valence-corrected chi connectivity index (χ2v) is 5.43. The molecule has 0 aliphatic carbocycles. The lowest BCUT2D eigenvalue weighted by Crippen LogP contribution is -2.19. The van der Waals surface area contributed by atoms with Crippen LogP contribution in [0, 0.1) is 5.92 Å². The smallest absolute Gasteiger partial charge is 0.162 e. The molecule has 21 heavy (non-hydrogen) atoms. The molecule has 0 fully saturated rings. The normalized spacial score (nSPS) is 11.2. The quantitative estimate of drug-likeness (QED) is 0.719. The van der Waals surface area contributed by atoms with Gasteiger partial charge in [0.1, 0.15) is 6.61 Å². The molecule has 2 heterocycles. The zero-order valence-electron chi connectivity index (χ0n) is 12.7. The SMILES string of the molecule is CC(C)CNCc1cc(COCCc2ccccn2)on1. The predicted molar refractivity (Wildman–Crippen MR) is 80.6 cm³/mol. The number of aromatic nitrogens is 2. The maximum absolute atomic E-state index is 5.59. The van der Waals surface area contributed by atoms with Gasteiger partial charge in [-0.3, -0.25) is 4.98 Å². The van der Waals surface area contributed by atoms with Crippen LogP contribution in [0.2, 0.25) is 0 Å². The molecule has 0 amide bonds. The Morgan fingerprint density at radius 1 is 1.29 bits per heavy atom. The summed E-state index contributed by atoms with van der Waals surface area (Å²) in [6.45, 7) is 7.13. The summed E-state index contributed by atoms with van der Waals surface area (Å²) in [7, 11) is 0. The van der Waals surface area contributed by atoms with E-state index < -0.39 is 0 Å². The number of hydrogen-bond donors (Lipinski definition) is 1. The van der Waals surface area contributed by atoms with Crippen molar-refractivity contribution < 1.29 is 9.26 Å². The van der Waals surface area contributed by atoms with Crippen LogP contribution in [0.3, 0.4) is 0 Å². The number of nitrogens with one attached hydrogen (secondary N) is 1. The minimum atomic E-state index is 0.448. The molecule has 5 nitrogen and oxygen atoms in total. The maximum Gasteiger partial charge on any atom is 0.162 e. The van der Waals surface area contributed by atoms with E-state index in [1.807, 2.05) is 24.3 Å². The van der Waals surface area contributed by atoms with E-state index in [4.69, 9.17) is 9.26 Å². The first-order valence-corrected chi connectivity index (χ1v) is 7.37. The van der Waals surface area contributed by atoms with Crippen LogP contribution in [0.15, 0.2) is 35.0 Å². The highest BCUT2D eigenvalue weighted by Crippen LogP contribution is 2.06. The van der Waals surface area contributed by atoms with Crippen molar-refractivity contribution in [3.05, 3.63) is 47.6 Å². The minimum Gasteiger partial charge on any atom is -0.373 e. The van der Waals surface area contributed by atoms with Crippen molar-refractivity contribution in [1.29, 1.82) is 0 Å². The Morgan fingerprint density at radius 2 is 2.19 bits per heavy atom. The number of nitrogens with zero attached hydrogens (tertiary/aromatic N) is 2. The number of hydrogen-bond acceptors (Lipinski definition) is 5. The van der Waals surface area contributed by atoms with Gasteiger partial charge in [-0.2, -0.15) is 0 Å². The number of rotatable bonds is 9. The first-order valence-electron chi connectivity index (χ1n) is 7.37. The van der Waals surface area contributed by atoms with Crippen LogP contribution in [0.1, 0.15) is 31.0 Å². The van der Waals surface area contributed by atoms with Crippen molar-refractivity contribution in [2.45, 2.75) is 33.4 Å². The first kappa shape index (κ1) is 15.7. The molecule has 2 rings (SSSR count). The third-order valence-electron chi connectivity index (χ3n) is 2.94. The molecule has 2 aromatic rings. The lowest BCUT2D eigenvalue weighted by Gasteiger charge is -2.04. The van der Waals surface area contributed by atoms with E-state index in [1.54, 1.807) is 6.20 Å². The molecule has 0 radical (unpaired) electrons. The zero-order valence-corrected chi connectivity index (χ0v) is 12.7. The van der Waals surface area contributed by atoms with Gasteiger partial charge in [0.2, 0.25) is 0 Å². The van der Waals surface area contributed by atoms with Crippen molar-refractivity contribution >= 4 is 0 Å². The molecule has 0 unspecified atom stereocenters. The predicted octanol–water partition coefficient (Wildman–Crippen LogP) is 2.57. The summed E-state index contributed by atoms with van der Waals surface area (Å²) < 4.78 is 10.8. The summed E-state index contributed by atoms with van der Waals surface area (Å²) in [6.07, 6.45) is 2.60. The van der Waals surface area contributed by atoms with Crippen molar-refractivity contribution in [3.8, 4) is 0 Å². The van der Waals surface area contributed by atoms with Crippen LogP contribution in [0.25, 0.3) is 0 Å². The Balaban J connectivity index is 1.63. The molecule has 0 aliphatic rings. The fourth-order valence-electron chi connectivity index (χ4n) is 1.89. The van der Waals surface area contributed by atoms with Gasteiger partial charge in [0, 0.05) is 30.9 Å². The van der Waals surface area contributed by atoms with Gasteiger partial charge in [-0.25, -0.2) is 0 Å². The molecule has 0 aromatic carbocycles. The van der Waals surface area contributed by atoms with E-state index in [1.165, 1.54) is 0 Å². The fourth-order valence-corrected chi connectivity index (χ4v) is 1.89. The maximum atomic E-state index is 5.59. The summed E-state index contributed by atoms with van der Waals surface area (Å²) in [4.78, 5) is 4.25. The van der Waals surface area contributed by atoms with Crippen LogP contribution >= 0.6 is 0 Å². The average Bonchev–Trinajstić information content (AvgIpc) is 2.92. The van der Waals surface area contributed by atoms with Crippen molar-refractivity contribution in [1.82, 2.24) is 15.5 Å². The van der Waals surface area contributed by atoms with E-state index in [2.05, 4.69) is 29.3 Å². The van der Waals surface area contributed by atoms with E-state index in [0.29, 0.717) is 19.1 Å². The summed E-state index contributed by atoms with van der Waals surface area (Å²) in [6, 6.07) is 7.83. The highest BCUT2D eigenvalue weighted by Gasteiger charge is 2.04. The monoisotopic (exact) mass is 289 g/mol. The molecular formula is C16H23N3O2. The van der Waals surface area contributed by atoms with Crippen LogP contribution < -0.4 is 5.32 Å². The van der Waals surface area contributed by atoms with Crippen LogP contribution in [-0.2, 0) is 24.3 Å². The van der Waals surface area contributed by atoms with Crippen LogP contribution in [0.5, 0.6) is 0 Å². The first-order chi connectivity index (χ1) is 10.2. The van der Waals surface area contributed by atoms with E-state index in [9.17, 15) is 0 Å². The van der Waals surface area contributed by atoms with Crippen LogP contribution in [0.4, 0.5) is 0 Å². The van der Waals surface area contributed by atoms with Crippen molar-refractivity contribution in [3.63, 3.8) is 0 Å². The van der Waals surface area contributed by atoms with Gasteiger partial charge in [0.25, 0.3) is 0 Å². The molecular weight excluding hydrogens is 266 g/mol. The standard InChI is InChI=1S/C16H23N3O2/c1-13(2)10-17-11-15-9-16(21-19-15)12-20-8-6-14-5-3-4-7-18-14/h3-5,7,9,13,17H,6,8,10-12H2,1-2H3. The van der Waals surface area contributed by atoms with E-state index >= 15 is 0 Å². The molecule has 0 atom stereocenters. The Labute approximate surface area is 125 Å². The zero-order chi connectivity index (χ0) is 14.9. The van der Waals surface area contributed by atoms with Crippen LogP contribution in [-0.4, -0.2) is 23.3 Å². The molecule has 0 spiro atoms. The van der Waals surface area contributed by atoms with E-state index in [-0.39, 0.29) is 0 Å². The largest absolute Gasteiger partial charge is 0.373 e. The third-order valence-corrected chi connectivity index (χ3v) is 2.94. The fraction of sp³-hybridized carbons (Fsp3) is 0.500. The van der Waals surface area contributed by atoms with Gasteiger partial charge < -0.3 is 14.6 Å². The van der Waals surface area contributed by atoms with Crippen molar-refractivity contribution in [2.75, 3.05) is 13.2 Å². The minimum absolute atomic E-state index is 0.448. The molecule has 114 valence electrons. The Morgan fingerprint density at radius 3 is 2.95 bits per heavy atom.